The number of aromatic nitrogens is 2. The molecule has 3 N–H and O–H groups in total. The van der Waals surface area contributed by atoms with Gasteiger partial charge in [0.15, 0.2) is 0 Å². The minimum atomic E-state index is -0.727. The second kappa shape index (κ2) is 3.25. The largest absolute Gasteiger partial charge is 0.499 e. The molecule has 0 saturated carbocycles. The molecule has 0 aliphatic rings. The Balaban J connectivity index is 3.13. The average molecular weight is 170 g/mol. The fourth-order valence-electron chi connectivity index (χ4n) is 0.856. The summed E-state index contributed by atoms with van der Waals surface area (Å²) < 4.78 is 0. The maximum atomic E-state index is 10.8. The third kappa shape index (κ3) is 1.55. The zero-order valence-corrected chi connectivity index (χ0v) is 6.66. The van der Waals surface area contributed by atoms with Crippen LogP contribution in [0.25, 0.3) is 0 Å². The number of nitrogens with one attached hydrogen (secondary N) is 1. The maximum absolute atomic E-state index is 10.8. The first-order valence-corrected chi connectivity index (χ1v) is 3.66. The molecular formula is C7H10N2O3. The summed E-state index contributed by atoms with van der Waals surface area (Å²) in [6.45, 7) is 1.92. The molecule has 0 aliphatic carbocycles. The van der Waals surface area contributed by atoms with E-state index in [-0.39, 0.29) is 0 Å². The van der Waals surface area contributed by atoms with E-state index in [1.165, 1.54) is 0 Å². The first-order chi connectivity index (χ1) is 5.65. The van der Waals surface area contributed by atoms with Crippen LogP contribution in [0.4, 0.5) is 0 Å². The zero-order valence-electron chi connectivity index (χ0n) is 6.66. The van der Waals surface area contributed by atoms with Gasteiger partial charge in [0, 0.05) is 6.42 Å². The van der Waals surface area contributed by atoms with E-state index < -0.39 is 17.2 Å². The Labute approximate surface area is 68.7 Å². The summed E-state index contributed by atoms with van der Waals surface area (Å²) in [5, 5.41) is 17.8. The molecular weight excluding hydrogens is 160 g/mol. The van der Waals surface area contributed by atoms with E-state index in [1.54, 1.807) is 0 Å². The molecule has 1 rings (SSSR count). The van der Waals surface area contributed by atoms with Gasteiger partial charge in [0.1, 0.15) is 5.82 Å². The van der Waals surface area contributed by atoms with Gasteiger partial charge >= 0.3 is 0 Å². The first-order valence-electron chi connectivity index (χ1n) is 3.66. The lowest BCUT2D eigenvalue weighted by atomic mass is 10.3. The van der Waals surface area contributed by atoms with Gasteiger partial charge in [-0.1, -0.05) is 6.92 Å². The number of aryl methyl sites for hydroxylation is 1. The van der Waals surface area contributed by atoms with E-state index in [2.05, 4.69) is 9.97 Å². The summed E-state index contributed by atoms with van der Waals surface area (Å²) in [4.78, 5) is 16.7. The Morgan fingerprint density at radius 1 is 1.50 bits per heavy atom. The summed E-state index contributed by atoms with van der Waals surface area (Å²) in [5.74, 6) is -0.949. The lowest BCUT2D eigenvalue weighted by Gasteiger charge is -1.99. The van der Waals surface area contributed by atoms with Crippen molar-refractivity contribution in [3.05, 3.63) is 16.2 Å². The molecule has 12 heavy (non-hydrogen) atoms. The Morgan fingerprint density at radius 2 is 2.17 bits per heavy atom. The quantitative estimate of drug-likeness (QED) is 0.589. The Kier molecular flexibility index (Phi) is 2.32. The van der Waals surface area contributed by atoms with Crippen LogP contribution in [0, 0.1) is 0 Å². The molecule has 0 unspecified atom stereocenters. The molecule has 0 atom stereocenters. The number of hydrogen-bond acceptors (Lipinski definition) is 4. The van der Waals surface area contributed by atoms with E-state index in [1.807, 2.05) is 6.92 Å². The molecule has 1 aromatic rings. The molecule has 0 radical (unpaired) electrons. The predicted octanol–water partition coefficient (Wildman–Crippen LogP) is 0.134. The molecule has 66 valence electrons. The first kappa shape index (κ1) is 8.58. The Bertz CT molecular complexity index is 332. The second-order valence-corrected chi connectivity index (χ2v) is 2.43. The minimum absolute atomic E-state index is 0.387. The van der Waals surface area contributed by atoms with E-state index in [0.29, 0.717) is 12.2 Å². The highest BCUT2D eigenvalue weighted by molar-refractivity contribution is 5.27. The van der Waals surface area contributed by atoms with Gasteiger partial charge in [0.2, 0.25) is 5.75 Å². The number of H-pyrrole nitrogens is 1. The van der Waals surface area contributed by atoms with Gasteiger partial charge < -0.3 is 15.2 Å². The third-order valence-corrected chi connectivity index (χ3v) is 1.41. The highest BCUT2D eigenvalue weighted by Gasteiger charge is 2.07. The SMILES string of the molecule is CCCc1nc(O)c(O)c(=O)[nH]1. The van der Waals surface area contributed by atoms with Crippen LogP contribution in [-0.4, -0.2) is 20.2 Å². The fourth-order valence-corrected chi connectivity index (χ4v) is 0.856. The summed E-state index contributed by atoms with van der Waals surface area (Å²) in [6.07, 6.45) is 1.39. The van der Waals surface area contributed by atoms with Gasteiger partial charge in [0.25, 0.3) is 11.4 Å². The van der Waals surface area contributed by atoms with Crippen molar-refractivity contribution in [2.75, 3.05) is 0 Å². The number of aromatic amines is 1. The molecule has 0 bridgehead atoms. The fraction of sp³-hybridized carbons (Fsp3) is 0.429. The molecule has 0 amide bonds. The molecule has 5 heteroatoms. The van der Waals surface area contributed by atoms with Crippen LogP contribution >= 0.6 is 0 Å². The monoisotopic (exact) mass is 170 g/mol. The number of rotatable bonds is 2. The molecule has 1 heterocycles. The van der Waals surface area contributed by atoms with Crippen LogP contribution in [0.3, 0.4) is 0 Å². The zero-order chi connectivity index (χ0) is 9.14. The van der Waals surface area contributed by atoms with Gasteiger partial charge in [0.05, 0.1) is 0 Å². The van der Waals surface area contributed by atoms with Crippen molar-refractivity contribution in [3.8, 4) is 11.6 Å². The number of hydrogen-bond donors (Lipinski definition) is 3. The van der Waals surface area contributed by atoms with Crippen molar-refractivity contribution in [2.24, 2.45) is 0 Å². The molecule has 5 nitrogen and oxygen atoms in total. The molecule has 0 aliphatic heterocycles. The van der Waals surface area contributed by atoms with Gasteiger partial charge in [-0.2, -0.15) is 4.98 Å². The molecule has 0 saturated heterocycles. The van der Waals surface area contributed by atoms with Crippen LogP contribution in [0.2, 0.25) is 0 Å². The smallest absolute Gasteiger partial charge is 0.297 e. The highest BCUT2D eigenvalue weighted by Crippen LogP contribution is 2.14. The van der Waals surface area contributed by atoms with Gasteiger partial charge in [-0.15, -0.1) is 0 Å². The van der Waals surface area contributed by atoms with Crippen molar-refractivity contribution >= 4 is 0 Å². The van der Waals surface area contributed by atoms with Crippen LogP contribution < -0.4 is 5.56 Å². The van der Waals surface area contributed by atoms with E-state index in [9.17, 15) is 4.79 Å². The van der Waals surface area contributed by atoms with E-state index in [4.69, 9.17) is 10.2 Å². The van der Waals surface area contributed by atoms with Crippen molar-refractivity contribution in [3.63, 3.8) is 0 Å². The third-order valence-electron chi connectivity index (χ3n) is 1.41. The Morgan fingerprint density at radius 3 is 2.67 bits per heavy atom. The van der Waals surface area contributed by atoms with Crippen molar-refractivity contribution in [1.29, 1.82) is 0 Å². The summed E-state index contributed by atoms with van der Waals surface area (Å²) in [7, 11) is 0. The average Bonchev–Trinajstić information content (AvgIpc) is 2.01. The topological polar surface area (TPSA) is 86.2 Å². The summed E-state index contributed by atoms with van der Waals surface area (Å²) in [6, 6.07) is 0. The molecule has 1 aromatic heterocycles. The Hall–Kier alpha value is -1.52. The van der Waals surface area contributed by atoms with Crippen LogP contribution in [0.1, 0.15) is 19.2 Å². The van der Waals surface area contributed by atoms with E-state index in [0.717, 1.165) is 6.42 Å². The van der Waals surface area contributed by atoms with Gasteiger partial charge in [-0.25, -0.2) is 0 Å². The predicted molar refractivity (Wildman–Crippen MR) is 42.2 cm³/mol. The number of aromatic hydroxyl groups is 2. The van der Waals surface area contributed by atoms with Crippen LogP contribution in [0.5, 0.6) is 11.6 Å². The normalized spacial score (nSPS) is 10.1. The molecule has 0 aromatic carbocycles. The van der Waals surface area contributed by atoms with Gasteiger partial charge in [-0.05, 0) is 6.42 Å². The molecule has 0 fully saturated rings. The van der Waals surface area contributed by atoms with Crippen LogP contribution in [0.15, 0.2) is 4.79 Å². The summed E-state index contributed by atoms with van der Waals surface area (Å²) >= 11 is 0. The maximum Gasteiger partial charge on any atom is 0.297 e. The number of nitrogens with zero attached hydrogens (tertiary/aromatic N) is 1. The van der Waals surface area contributed by atoms with E-state index >= 15 is 0 Å². The molecule has 0 spiro atoms. The summed E-state index contributed by atoms with van der Waals surface area (Å²) in [5.41, 5.74) is -0.703. The second-order valence-electron chi connectivity index (χ2n) is 2.43. The van der Waals surface area contributed by atoms with Crippen LogP contribution in [-0.2, 0) is 6.42 Å². The standard InChI is InChI=1S/C7H10N2O3/c1-2-3-4-8-6(11)5(10)7(12)9-4/h10H,2-3H2,1H3,(H2,8,9,11,12). The highest BCUT2D eigenvalue weighted by atomic mass is 16.3. The van der Waals surface area contributed by atoms with Crippen molar-refractivity contribution < 1.29 is 10.2 Å². The van der Waals surface area contributed by atoms with Crippen molar-refractivity contribution in [1.82, 2.24) is 9.97 Å². The lowest BCUT2D eigenvalue weighted by Crippen LogP contribution is -2.10. The van der Waals surface area contributed by atoms with Crippen molar-refractivity contribution in [2.45, 2.75) is 19.8 Å². The van der Waals surface area contributed by atoms with Gasteiger partial charge in [-0.3, -0.25) is 4.79 Å². The minimum Gasteiger partial charge on any atom is -0.499 e. The lowest BCUT2D eigenvalue weighted by molar-refractivity contribution is 0.379.